The highest BCUT2D eigenvalue weighted by Gasteiger charge is 2.12. The monoisotopic (exact) mass is 460 g/mol. The van der Waals surface area contributed by atoms with Crippen LogP contribution in [0.15, 0.2) is 84.7 Å². The number of carbonyl (C=O) groups excluding carboxylic acids is 2. The van der Waals surface area contributed by atoms with Gasteiger partial charge in [0.1, 0.15) is 18.1 Å². The number of hydrogen-bond donors (Lipinski definition) is 0. The molecule has 3 aromatic carbocycles. The van der Waals surface area contributed by atoms with Crippen LogP contribution in [-0.4, -0.2) is 32.8 Å². The summed E-state index contributed by atoms with van der Waals surface area (Å²) < 4.78 is 21.1. The first-order valence-electron chi connectivity index (χ1n) is 11.0. The van der Waals surface area contributed by atoms with Crippen molar-refractivity contribution in [3.8, 4) is 11.5 Å². The van der Waals surface area contributed by atoms with Crippen molar-refractivity contribution < 1.29 is 28.5 Å². The Balaban J connectivity index is 1.60. The predicted molar refractivity (Wildman–Crippen MR) is 131 cm³/mol. The predicted octanol–water partition coefficient (Wildman–Crippen LogP) is 6.11. The SMILES string of the molecule is CC/C=C(\C/C=C\COC(=O)c1ccc2cc(C(=O)Oc3ccc(OC)cc3)ccc2c1)OC. The second-order valence-electron chi connectivity index (χ2n) is 7.40. The van der Waals surface area contributed by atoms with E-state index >= 15 is 0 Å². The lowest BCUT2D eigenvalue weighted by Gasteiger charge is -2.08. The van der Waals surface area contributed by atoms with Crippen molar-refractivity contribution >= 4 is 22.7 Å². The van der Waals surface area contributed by atoms with Crippen LogP contribution < -0.4 is 9.47 Å². The minimum absolute atomic E-state index is 0.177. The van der Waals surface area contributed by atoms with Crippen molar-refractivity contribution in [2.24, 2.45) is 0 Å². The van der Waals surface area contributed by atoms with E-state index in [-0.39, 0.29) is 6.61 Å². The first-order chi connectivity index (χ1) is 16.5. The maximum Gasteiger partial charge on any atom is 0.343 e. The molecule has 0 radical (unpaired) electrons. The molecule has 0 bridgehead atoms. The van der Waals surface area contributed by atoms with E-state index in [2.05, 4.69) is 0 Å². The van der Waals surface area contributed by atoms with Crippen LogP contribution in [0.4, 0.5) is 0 Å². The first kappa shape index (κ1) is 24.6. The van der Waals surface area contributed by atoms with E-state index < -0.39 is 11.9 Å². The summed E-state index contributed by atoms with van der Waals surface area (Å²) in [4.78, 5) is 24.9. The smallest absolute Gasteiger partial charge is 0.343 e. The minimum atomic E-state index is -0.465. The van der Waals surface area contributed by atoms with E-state index in [0.717, 1.165) is 23.0 Å². The number of carbonyl (C=O) groups is 2. The van der Waals surface area contributed by atoms with Crippen LogP contribution in [0.3, 0.4) is 0 Å². The summed E-state index contributed by atoms with van der Waals surface area (Å²) in [6, 6.07) is 17.2. The molecule has 0 atom stereocenters. The summed E-state index contributed by atoms with van der Waals surface area (Å²) >= 11 is 0. The molecule has 0 aliphatic carbocycles. The van der Waals surface area contributed by atoms with Crippen LogP contribution in [0.25, 0.3) is 10.8 Å². The highest BCUT2D eigenvalue weighted by atomic mass is 16.5. The number of allylic oxidation sites excluding steroid dienone is 2. The molecule has 0 N–H and O–H groups in total. The van der Waals surface area contributed by atoms with Crippen LogP contribution in [0.2, 0.25) is 0 Å². The van der Waals surface area contributed by atoms with E-state index in [1.165, 1.54) is 0 Å². The quantitative estimate of drug-likeness (QED) is 0.157. The van der Waals surface area contributed by atoms with E-state index in [0.29, 0.717) is 29.0 Å². The van der Waals surface area contributed by atoms with Crippen molar-refractivity contribution in [3.63, 3.8) is 0 Å². The Hall–Kier alpha value is -4.06. The van der Waals surface area contributed by atoms with Gasteiger partial charge in [-0.1, -0.05) is 31.2 Å². The van der Waals surface area contributed by atoms with E-state index in [4.69, 9.17) is 18.9 Å². The molecule has 0 saturated heterocycles. The Morgan fingerprint density at radius 3 is 2.00 bits per heavy atom. The average Bonchev–Trinajstić information content (AvgIpc) is 2.87. The van der Waals surface area contributed by atoms with Gasteiger partial charge in [0.2, 0.25) is 0 Å². The van der Waals surface area contributed by atoms with Gasteiger partial charge in [-0.25, -0.2) is 9.59 Å². The zero-order valence-electron chi connectivity index (χ0n) is 19.6. The Bertz CT molecular complexity index is 1190. The molecule has 0 unspecified atom stereocenters. The van der Waals surface area contributed by atoms with Gasteiger partial charge in [-0.05, 0) is 71.8 Å². The fourth-order valence-electron chi connectivity index (χ4n) is 3.26. The molecular weight excluding hydrogens is 432 g/mol. The third-order valence-corrected chi connectivity index (χ3v) is 5.07. The molecular formula is C28H28O6. The lowest BCUT2D eigenvalue weighted by atomic mass is 10.0. The summed E-state index contributed by atoms with van der Waals surface area (Å²) in [7, 11) is 3.21. The largest absolute Gasteiger partial charge is 0.501 e. The van der Waals surface area contributed by atoms with Gasteiger partial charge >= 0.3 is 11.9 Å². The molecule has 0 spiro atoms. The lowest BCUT2D eigenvalue weighted by molar-refractivity contribution is 0.0549. The molecule has 0 amide bonds. The molecule has 0 heterocycles. The Morgan fingerprint density at radius 2 is 1.41 bits per heavy atom. The Kier molecular flexibility index (Phi) is 8.86. The van der Waals surface area contributed by atoms with Gasteiger partial charge in [-0.3, -0.25) is 0 Å². The van der Waals surface area contributed by atoms with Crippen LogP contribution in [0, 0.1) is 0 Å². The van der Waals surface area contributed by atoms with Crippen LogP contribution >= 0.6 is 0 Å². The second kappa shape index (κ2) is 12.3. The van der Waals surface area contributed by atoms with Gasteiger partial charge in [0.05, 0.1) is 31.1 Å². The zero-order valence-corrected chi connectivity index (χ0v) is 19.6. The molecule has 6 heteroatoms. The number of benzene rings is 3. The number of methoxy groups -OCH3 is 2. The van der Waals surface area contributed by atoms with E-state index in [9.17, 15) is 9.59 Å². The van der Waals surface area contributed by atoms with E-state index in [1.54, 1.807) is 81.0 Å². The normalized spacial score (nSPS) is 11.4. The molecule has 34 heavy (non-hydrogen) atoms. The van der Waals surface area contributed by atoms with Crippen molar-refractivity contribution in [1.82, 2.24) is 0 Å². The van der Waals surface area contributed by atoms with Crippen molar-refractivity contribution in [2.75, 3.05) is 20.8 Å². The molecule has 0 aliphatic heterocycles. The maximum atomic E-state index is 12.5. The van der Waals surface area contributed by atoms with E-state index in [1.807, 2.05) is 19.1 Å². The van der Waals surface area contributed by atoms with Gasteiger partial charge in [0.25, 0.3) is 0 Å². The van der Waals surface area contributed by atoms with Crippen LogP contribution in [-0.2, 0) is 9.47 Å². The second-order valence-corrected chi connectivity index (χ2v) is 7.40. The fourth-order valence-corrected chi connectivity index (χ4v) is 3.26. The summed E-state index contributed by atoms with van der Waals surface area (Å²) in [5.74, 6) is 1.11. The van der Waals surface area contributed by atoms with Crippen molar-refractivity contribution in [2.45, 2.75) is 19.8 Å². The summed E-state index contributed by atoms with van der Waals surface area (Å²) in [5.41, 5.74) is 0.856. The van der Waals surface area contributed by atoms with Gasteiger partial charge in [-0.15, -0.1) is 0 Å². The van der Waals surface area contributed by atoms with Crippen molar-refractivity contribution in [3.05, 3.63) is 95.8 Å². The fraction of sp³-hybridized carbons (Fsp3) is 0.214. The topological polar surface area (TPSA) is 71.1 Å². The number of esters is 2. The number of ether oxygens (including phenoxy) is 4. The molecule has 0 aliphatic rings. The number of rotatable bonds is 10. The Morgan fingerprint density at radius 1 is 0.794 bits per heavy atom. The zero-order chi connectivity index (χ0) is 24.3. The third-order valence-electron chi connectivity index (χ3n) is 5.07. The molecule has 0 saturated carbocycles. The molecule has 176 valence electrons. The molecule has 3 aromatic rings. The number of hydrogen-bond acceptors (Lipinski definition) is 6. The van der Waals surface area contributed by atoms with Gasteiger partial charge in [0, 0.05) is 6.42 Å². The Labute approximate surface area is 199 Å². The van der Waals surface area contributed by atoms with Gasteiger partial charge in [-0.2, -0.15) is 0 Å². The van der Waals surface area contributed by atoms with Crippen molar-refractivity contribution in [1.29, 1.82) is 0 Å². The molecule has 0 aromatic heterocycles. The third kappa shape index (κ3) is 6.72. The highest BCUT2D eigenvalue weighted by molar-refractivity contribution is 5.99. The molecule has 6 nitrogen and oxygen atoms in total. The van der Waals surface area contributed by atoms with Gasteiger partial charge < -0.3 is 18.9 Å². The maximum absolute atomic E-state index is 12.5. The van der Waals surface area contributed by atoms with Gasteiger partial charge in [0.15, 0.2) is 0 Å². The molecule has 0 fully saturated rings. The highest BCUT2D eigenvalue weighted by Crippen LogP contribution is 2.21. The minimum Gasteiger partial charge on any atom is -0.501 e. The lowest BCUT2D eigenvalue weighted by Crippen LogP contribution is -2.08. The summed E-state index contributed by atoms with van der Waals surface area (Å²) in [5, 5.41) is 1.64. The number of fused-ring (bicyclic) bond motifs is 1. The van der Waals surface area contributed by atoms with Crippen LogP contribution in [0.5, 0.6) is 11.5 Å². The first-order valence-corrected chi connectivity index (χ1v) is 11.0. The van der Waals surface area contributed by atoms with Crippen LogP contribution in [0.1, 0.15) is 40.5 Å². The average molecular weight is 461 g/mol. The standard InChI is InChI=1S/C28H28O6/c1-4-7-24(31-2)8-5-6-17-33-27(29)22-11-9-21-19-23(12-10-20(21)18-22)28(30)34-26-15-13-25(32-3)14-16-26/h5-7,9-16,18-19H,4,8,17H2,1-3H3/b6-5-,24-7+. The summed E-state index contributed by atoms with van der Waals surface area (Å²) in [6.45, 7) is 2.22. The molecule has 3 rings (SSSR count). The summed E-state index contributed by atoms with van der Waals surface area (Å²) in [6.07, 6.45) is 7.27.